The lowest BCUT2D eigenvalue weighted by atomic mass is 9.76. The third-order valence-corrected chi connectivity index (χ3v) is 4.43. The van der Waals surface area contributed by atoms with Crippen LogP contribution in [-0.4, -0.2) is 15.4 Å². The lowest BCUT2D eigenvalue weighted by Crippen LogP contribution is -2.31. The highest BCUT2D eigenvalue weighted by Crippen LogP contribution is 2.54. The zero-order valence-corrected chi connectivity index (χ0v) is 7.65. The van der Waals surface area contributed by atoms with Crippen molar-refractivity contribution in [1.82, 2.24) is 0 Å². The highest BCUT2D eigenvalue weighted by molar-refractivity contribution is 7.52. The molecular weight excluding hydrogens is 175 g/mol. The van der Waals surface area contributed by atoms with E-state index in [1.807, 2.05) is 6.08 Å². The quantitative estimate of drug-likeness (QED) is 0.484. The summed E-state index contributed by atoms with van der Waals surface area (Å²) < 4.78 is 11.0. The van der Waals surface area contributed by atoms with Crippen molar-refractivity contribution in [3.8, 4) is 0 Å². The van der Waals surface area contributed by atoms with Crippen LogP contribution in [0.4, 0.5) is 0 Å². The van der Waals surface area contributed by atoms with Crippen LogP contribution in [0.1, 0.15) is 19.3 Å². The Kier molecular flexibility index (Phi) is 1.90. The first kappa shape index (κ1) is 8.49. The van der Waals surface area contributed by atoms with E-state index in [0.29, 0.717) is 12.3 Å². The lowest BCUT2D eigenvalue weighted by molar-refractivity contribution is 0.276. The highest BCUT2D eigenvalue weighted by atomic mass is 31.2. The molecule has 0 spiro atoms. The maximum atomic E-state index is 11.0. The van der Waals surface area contributed by atoms with Crippen molar-refractivity contribution in [1.29, 1.82) is 0 Å². The summed E-state index contributed by atoms with van der Waals surface area (Å²) in [5.41, 5.74) is -0.388. The van der Waals surface area contributed by atoms with Gasteiger partial charge in [-0.2, -0.15) is 0 Å². The zero-order valence-electron chi connectivity index (χ0n) is 6.76. The maximum Gasteiger partial charge on any atom is 0.329 e. The van der Waals surface area contributed by atoms with Gasteiger partial charge in [0.15, 0.2) is 0 Å². The molecule has 3 atom stereocenters. The standard InChI is InChI=1S/C8H13O3P/c9-12(10,11)8-5-6-1-3-7(8)4-2-6/h1,3,6-8H,2,4-5H2,(H2,9,10,11). The number of hydrogen-bond donors (Lipinski definition) is 2. The molecule has 0 radical (unpaired) electrons. The number of hydrogen-bond acceptors (Lipinski definition) is 1. The minimum absolute atomic E-state index is 0.135. The van der Waals surface area contributed by atoms with Crippen LogP contribution in [0.5, 0.6) is 0 Å². The SMILES string of the molecule is O=P(O)(O)C1CC2C=CC1CC2. The first-order valence-corrected chi connectivity index (χ1v) is 5.99. The van der Waals surface area contributed by atoms with Gasteiger partial charge in [-0.05, 0) is 31.1 Å². The Morgan fingerprint density at radius 1 is 1.25 bits per heavy atom. The van der Waals surface area contributed by atoms with Crippen LogP contribution in [0, 0.1) is 11.8 Å². The third kappa shape index (κ3) is 1.37. The molecule has 0 amide bonds. The van der Waals surface area contributed by atoms with Gasteiger partial charge in [-0.25, -0.2) is 0 Å². The minimum atomic E-state index is -3.83. The lowest BCUT2D eigenvalue weighted by Gasteiger charge is -2.37. The first-order valence-electron chi connectivity index (χ1n) is 4.31. The van der Waals surface area contributed by atoms with Crippen molar-refractivity contribution in [3.63, 3.8) is 0 Å². The van der Waals surface area contributed by atoms with Crippen molar-refractivity contribution in [3.05, 3.63) is 12.2 Å². The molecule has 3 unspecified atom stereocenters. The van der Waals surface area contributed by atoms with E-state index in [1.54, 1.807) is 0 Å². The van der Waals surface area contributed by atoms with Gasteiger partial charge in [-0.15, -0.1) is 0 Å². The van der Waals surface area contributed by atoms with E-state index in [9.17, 15) is 4.57 Å². The van der Waals surface area contributed by atoms with Crippen LogP contribution < -0.4 is 0 Å². The second-order valence-electron chi connectivity index (χ2n) is 3.78. The normalized spacial score (nSPS) is 40.3. The molecule has 2 bridgehead atoms. The van der Waals surface area contributed by atoms with Gasteiger partial charge >= 0.3 is 7.60 Å². The summed E-state index contributed by atoms with van der Waals surface area (Å²) in [5.74, 6) is 0.559. The van der Waals surface area contributed by atoms with Crippen LogP contribution in [0.2, 0.25) is 0 Å². The van der Waals surface area contributed by atoms with Crippen molar-refractivity contribution < 1.29 is 14.4 Å². The number of rotatable bonds is 1. The number of allylic oxidation sites excluding steroid dienone is 2. The monoisotopic (exact) mass is 188 g/mol. The average Bonchev–Trinajstić information content (AvgIpc) is 2.05. The molecule has 12 heavy (non-hydrogen) atoms. The Hall–Kier alpha value is -0.110. The summed E-state index contributed by atoms with van der Waals surface area (Å²) in [6.45, 7) is 0. The average molecular weight is 188 g/mol. The third-order valence-electron chi connectivity index (χ3n) is 2.97. The molecule has 0 saturated heterocycles. The molecule has 3 aliphatic carbocycles. The van der Waals surface area contributed by atoms with Crippen LogP contribution in [-0.2, 0) is 4.57 Å². The van der Waals surface area contributed by atoms with Gasteiger partial charge in [0.05, 0.1) is 5.66 Å². The summed E-state index contributed by atoms with van der Waals surface area (Å²) in [4.78, 5) is 18.1. The van der Waals surface area contributed by atoms with Crippen LogP contribution in [0.3, 0.4) is 0 Å². The first-order chi connectivity index (χ1) is 5.57. The Morgan fingerprint density at radius 3 is 2.25 bits per heavy atom. The van der Waals surface area contributed by atoms with Crippen molar-refractivity contribution in [2.24, 2.45) is 11.8 Å². The summed E-state index contributed by atoms with van der Waals surface area (Å²) in [5, 5.41) is 0. The molecule has 68 valence electrons. The predicted molar refractivity (Wildman–Crippen MR) is 45.8 cm³/mol. The molecule has 2 N–H and O–H groups in total. The highest BCUT2D eigenvalue weighted by Gasteiger charge is 2.41. The molecular formula is C8H13O3P. The van der Waals surface area contributed by atoms with Gasteiger partial charge in [-0.3, -0.25) is 4.57 Å². The predicted octanol–water partition coefficient (Wildman–Crippen LogP) is 1.52. The second-order valence-corrected chi connectivity index (χ2v) is 5.62. The van der Waals surface area contributed by atoms with E-state index >= 15 is 0 Å². The van der Waals surface area contributed by atoms with E-state index < -0.39 is 7.60 Å². The Bertz CT molecular complexity index is 255. The molecule has 4 heteroatoms. The van der Waals surface area contributed by atoms with Gasteiger partial charge in [0, 0.05) is 0 Å². The molecule has 3 rings (SSSR count). The summed E-state index contributed by atoms with van der Waals surface area (Å²) in [6.07, 6.45) is 6.85. The molecule has 0 aromatic rings. The van der Waals surface area contributed by atoms with Gasteiger partial charge in [0.1, 0.15) is 0 Å². The molecule has 1 saturated carbocycles. The van der Waals surface area contributed by atoms with Crippen LogP contribution in [0.15, 0.2) is 12.2 Å². The van der Waals surface area contributed by atoms with Gasteiger partial charge in [0.25, 0.3) is 0 Å². The fraction of sp³-hybridized carbons (Fsp3) is 0.750. The Balaban J connectivity index is 2.22. The smallest absolute Gasteiger partial charge is 0.324 e. The summed E-state index contributed by atoms with van der Waals surface area (Å²) in [7, 11) is -3.83. The molecule has 0 heterocycles. The number of fused-ring (bicyclic) bond motifs is 2. The molecule has 3 aliphatic rings. The summed E-state index contributed by atoms with van der Waals surface area (Å²) >= 11 is 0. The van der Waals surface area contributed by atoms with Crippen molar-refractivity contribution in [2.45, 2.75) is 24.9 Å². The zero-order chi connectivity index (χ0) is 8.77. The van der Waals surface area contributed by atoms with E-state index in [1.165, 1.54) is 0 Å². The van der Waals surface area contributed by atoms with Gasteiger partial charge in [-0.1, -0.05) is 12.2 Å². The van der Waals surface area contributed by atoms with Crippen LogP contribution in [0.25, 0.3) is 0 Å². The molecule has 0 aliphatic heterocycles. The second kappa shape index (κ2) is 2.69. The largest absolute Gasteiger partial charge is 0.329 e. The Labute approximate surface area is 71.6 Å². The fourth-order valence-electron chi connectivity index (χ4n) is 2.29. The van der Waals surface area contributed by atoms with Crippen molar-refractivity contribution >= 4 is 7.60 Å². The van der Waals surface area contributed by atoms with Crippen molar-refractivity contribution in [2.75, 3.05) is 0 Å². The topological polar surface area (TPSA) is 57.5 Å². The minimum Gasteiger partial charge on any atom is -0.324 e. The van der Waals surface area contributed by atoms with E-state index in [0.717, 1.165) is 12.8 Å². The molecule has 3 nitrogen and oxygen atoms in total. The van der Waals surface area contributed by atoms with E-state index in [2.05, 4.69) is 6.08 Å². The molecule has 0 aromatic carbocycles. The van der Waals surface area contributed by atoms with Gasteiger partial charge < -0.3 is 9.79 Å². The van der Waals surface area contributed by atoms with Gasteiger partial charge in [0.2, 0.25) is 0 Å². The maximum absolute atomic E-state index is 11.0. The van der Waals surface area contributed by atoms with E-state index in [-0.39, 0.29) is 11.6 Å². The molecule has 1 fully saturated rings. The van der Waals surface area contributed by atoms with E-state index in [4.69, 9.17) is 9.79 Å². The Morgan fingerprint density at radius 2 is 2.00 bits per heavy atom. The molecule has 0 aromatic heterocycles. The van der Waals surface area contributed by atoms with Crippen LogP contribution >= 0.6 is 7.60 Å². The summed E-state index contributed by atoms with van der Waals surface area (Å²) in [6, 6.07) is 0. The fourth-order valence-corrected chi connectivity index (χ4v) is 3.58.